The standard InChI is InChI=1S/C26H25N5O3S/c1-16-4-6-21(12-17(16)2)31-24(20-8-10-27-11-9-20)29-30-26(31)35-18(3)25(32)28-14-19-5-7-22-23(13-19)34-15-33-22/h4-13,18H,14-15H2,1-3H3,(H,28,32)/t18-/m1/s1. The molecule has 0 aliphatic carbocycles. The van der Waals surface area contributed by atoms with Gasteiger partial charge >= 0.3 is 0 Å². The Morgan fingerprint density at radius 3 is 2.63 bits per heavy atom. The number of ether oxygens (including phenoxy) is 2. The summed E-state index contributed by atoms with van der Waals surface area (Å²) in [6.45, 7) is 6.64. The summed E-state index contributed by atoms with van der Waals surface area (Å²) < 4.78 is 12.8. The molecule has 0 fully saturated rings. The van der Waals surface area contributed by atoms with Gasteiger partial charge in [-0.1, -0.05) is 23.9 Å². The Morgan fingerprint density at radius 1 is 1.03 bits per heavy atom. The van der Waals surface area contributed by atoms with Crippen molar-refractivity contribution in [2.24, 2.45) is 0 Å². The van der Waals surface area contributed by atoms with E-state index in [-0.39, 0.29) is 18.0 Å². The van der Waals surface area contributed by atoms with Gasteiger partial charge in [0.2, 0.25) is 12.7 Å². The fraction of sp³-hybridized carbons (Fsp3) is 0.231. The molecule has 35 heavy (non-hydrogen) atoms. The van der Waals surface area contributed by atoms with E-state index < -0.39 is 0 Å². The lowest BCUT2D eigenvalue weighted by atomic mass is 10.1. The summed E-state index contributed by atoms with van der Waals surface area (Å²) in [7, 11) is 0. The lowest BCUT2D eigenvalue weighted by Crippen LogP contribution is -2.30. The van der Waals surface area contributed by atoms with Gasteiger partial charge in [0, 0.05) is 24.5 Å². The second-order valence-electron chi connectivity index (χ2n) is 8.31. The highest BCUT2D eigenvalue weighted by atomic mass is 32.2. The van der Waals surface area contributed by atoms with Crippen molar-refractivity contribution in [1.29, 1.82) is 0 Å². The predicted molar refractivity (Wildman–Crippen MR) is 134 cm³/mol. The quantitative estimate of drug-likeness (QED) is 0.385. The van der Waals surface area contributed by atoms with Crippen LogP contribution in [-0.4, -0.2) is 37.7 Å². The zero-order valence-electron chi connectivity index (χ0n) is 19.7. The molecular formula is C26H25N5O3S. The summed E-state index contributed by atoms with van der Waals surface area (Å²) >= 11 is 1.37. The minimum absolute atomic E-state index is 0.0900. The van der Waals surface area contributed by atoms with Gasteiger partial charge in [-0.15, -0.1) is 10.2 Å². The number of aryl methyl sites for hydroxylation is 2. The third-order valence-corrected chi connectivity index (χ3v) is 6.92. The molecule has 0 bridgehead atoms. The number of benzene rings is 2. The van der Waals surface area contributed by atoms with Gasteiger partial charge in [0.15, 0.2) is 22.5 Å². The second-order valence-corrected chi connectivity index (χ2v) is 9.62. The van der Waals surface area contributed by atoms with Crippen molar-refractivity contribution in [2.45, 2.75) is 37.7 Å². The molecule has 0 radical (unpaired) electrons. The molecule has 0 saturated heterocycles. The first-order chi connectivity index (χ1) is 17.0. The molecule has 178 valence electrons. The summed E-state index contributed by atoms with van der Waals surface area (Å²) in [6, 6.07) is 15.7. The minimum atomic E-state index is -0.385. The van der Waals surface area contributed by atoms with Crippen LogP contribution >= 0.6 is 11.8 Å². The molecule has 8 nitrogen and oxygen atoms in total. The van der Waals surface area contributed by atoms with Gasteiger partial charge in [-0.05, 0) is 73.9 Å². The number of amides is 1. The molecule has 9 heteroatoms. The zero-order valence-corrected chi connectivity index (χ0v) is 20.5. The topological polar surface area (TPSA) is 91.2 Å². The molecule has 1 amide bonds. The lowest BCUT2D eigenvalue weighted by Gasteiger charge is -2.15. The number of pyridine rings is 1. The SMILES string of the molecule is Cc1ccc(-n2c(S[C@H](C)C(=O)NCc3ccc4c(c3)OCO4)nnc2-c2ccncc2)cc1C. The average molecular weight is 488 g/mol. The zero-order chi connectivity index (χ0) is 24.4. The number of aromatic nitrogens is 4. The Balaban J connectivity index is 1.36. The van der Waals surface area contributed by atoms with Crippen LogP contribution in [0.1, 0.15) is 23.6 Å². The molecule has 1 N–H and O–H groups in total. The van der Waals surface area contributed by atoms with Crippen LogP contribution in [-0.2, 0) is 11.3 Å². The maximum atomic E-state index is 12.9. The highest BCUT2D eigenvalue weighted by molar-refractivity contribution is 8.00. The van der Waals surface area contributed by atoms with Crippen molar-refractivity contribution in [3.8, 4) is 28.6 Å². The number of rotatable bonds is 7. The highest BCUT2D eigenvalue weighted by Crippen LogP contribution is 2.33. The molecular weight excluding hydrogens is 462 g/mol. The number of hydrogen-bond acceptors (Lipinski definition) is 7. The van der Waals surface area contributed by atoms with Crippen LogP contribution in [0.15, 0.2) is 66.1 Å². The van der Waals surface area contributed by atoms with E-state index in [0.717, 1.165) is 22.6 Å². The Labute approximate surface area is 207 Å². The van der Waals surface area contributed by atoms with E-state index in [4.69, 9.17) is 9.47 Å². The normalized spacial score (nSPS) is 13.0. The highest BCUT2D eigenvalue weighted by Gasteiger charge is 2.22. The summed E-state index contributed by atoms with van der Waals surface area (Å²) in [5.41, 5.74) is 5.16. The van der Waals surface area contributed by atoms with E-state index in [1.165, 1.54) is 22.9 Å². The first-order valence-electron chi connectivity index (χ1n) is 11.3. The van der Waals surface area contributed by atoms with Crippen LogP contribution in [0.5, 0.6) is 11.5 Å². The second kappa shape index (κ2) is 9.79. The molecule has 5 rings (SSSR count). The van der Waals surface area contributed by atoms with Gasteiger partial charge in [-0.3, -0.25) is 14.3 Å². The Morgan fingerprint density at radius 2 is 1.83 bits per heavy atom. The molecule has 2 aromatic carbocycles. The monoisotopic (exact) mass is 487 g/mol. The van der Waals surface area contributed by atoms with Crippen molar-refractivity contribution < 1.29 is 14.3 Å². The summed E-state index contributed by atoms with van der Waals surface area (Å²) in [5, 5.41) is 12.2. The fourth-order valence-corrected chi connectivity index (χ4v) is 4.62. The Bertz CT molecular complexity index is 1370. The van der Waals surface area contributed by atoms with Crippen molar-refractivity contribution in [3.63, 3.8) is 0 Å². The number of hydrogen-bond donors (Lipinski definition) is 1. The van der Waals surface area contributed by atoms with Crippen LogP contribution in [0.2, 0.25) is 0 Å². The minimum Gasteiger partial charge on any atom is -0.454 e. The van der Waals surface area contributed by atoms with E-state index in [0.29, 0.717) is 23.3 Å². The van der Waals surface area contributed by atoms with Crippen molar-refractivity contribution >= 4 is 17.7 Å². The summed E-state index contributed by atoms with van der Waals surface area (Å²) in [6.07, 6.45) is 3.46. The number of carbonyl (C=O) groups is 1. The van der Waals surface area contributed by atoms with Crippen LogP contribution in [0.3, 0.4) is 0 Å². The number of nitrogens with zero attached hydrogens (tertiary/aromatic N) is 4. The third-order valence-electron chi connectivity index (χ3n) is 5.88. The van der Waals surface area contributed by atoms with E-state index in [1.54, 1.807) is 12.4 Å². The number of nitrogens with one attached hydrogen (secondary N) is 1. The fourth-order valence-electron chi connectivity index (χ4n) is 3.73. The van der Waals surface area contributed by atoms with E-state index >= 15 is 0 Å². The van der Waals surface area contributed by atoms with Crippen LogP contribution in [0.4, 0.5) is 0 Å². The molecule has 0 unspecified atom stereocenters. The Kier molecular flexibility index (Phi) is 6.41. The first-order valence-corrected chi connectivity index (χ1v) is 12.1. The molecule has 1 aliphatic heterocycles. The largest absolute Gasteiger partial charge is 0.454 e. The van der Waals surface area contributed by atoms with E-state index in [9.17, 15) is 4.79 Å². The Hall–Kier alpha value is -3.85. The van der Waals surface area contributed by atoms with Gasteiger partial charge < -0.3 is 14.8 Å². The molecule has 2 aromatic heterocycles. The van der Waals surface area contributed by atoms with Crippen LogP contribution in [0, 0.1) is 13.8 Å². The molecule has 0 spiro atoms. The van der Waals surface area contributed by atoms with Gasteiger partial charge in [0.1, 0.15) is 0 Å². The number of thioether (sulfide) groups is 1. The predicted octanol–water partition coefficient (Wildman–Crippen LogP) is 4.47. The molecule has 4 aromatic rings. The van der Waals surface area contributed by atoms with Crippen molar-refractivity contribution in [3.05, 3.63) is 77.6 Å². The van der Waals surface area contributed by atoms with Crippen molar-refractivity contribution in [2.75, 3.05) is 6.79 Å². The van der Waals surface area contributed by atoms with Gasteiger partial charge in [0.05, 0.1) is 10.9 Å². The van der Waals surface area contributed by atoms with E-state index in [1.807, 2.05) is 47.9 Å². The maximum Gasteiger partial charge on any atom is 0.233 e. The number of carbonyl (C=O) groups excluding carboxylic acids is 1. The molecule has 3 heterocycles. The first kappa shape index (κ1) is 22.9. The third kappa shape index (κ3) is 4.85. The summed E-state index contributed by atoms with van der Waals surface area (Å²) in [5.74, 6) is 2.03. The molecule has 0 saturated carbocycles. The van der Waals surface area contributed by atoms with Crippen LogP contribution in [0.25, 0.3) is 17.1 Å². The van der Waals surface area contributed by atoms with Gasteiger partial charge in [-0.25, -0.2) is 0 Å². The molecule has 1 aliphatic rings. The van der Waals surface area contributed by atoms with Crippen molar-refractivity contribution in [1.82, 2.24) is 25.1 Å². The maximum absolute atomic E-state index is 12.9. The van der Waals surface area contributed by atoms with Gasteiger partial charge in [-0.2, -0.15) is 0 Å². The van der Waals surface area contributed by atoms with Gasteiger partial charge in [0.25, 0.3) is 0 Å². The lowest BCUT2D eigenvalue weighted by molar-refractivity contribution is -0.120. The molecule has 1 atom stereocenters. The van der Waals surface area contributed by atoms with E-state index in [2.05, 4.69) is 46.5 Å². The van der Waals surface area contributed by atoms with Crippen LogP contribution < -0.4 is 14.8 Å². The summed E-state index contributed by atoms with van der Waals surface area (Å²) in [4.78, 5) is 17.0. The average Bonchev–Trinajstić information content (AvgIpc) is 3.51. The smallest absolute Gasteiger partial charge is 0.233 e. The number of fused-ring (bicyclic) bond motifs is 1.